The quantitative estimate of drug-likeness (QED) is 0.763. The third-order valence-corrected chi connectivity index (χ3v) is 5.83. The highest BCUT2D eigenvalue weighted by Gasteiger charge is 2.50. The zero-order valence-electron chi connectivity index (χ0n) is 16.8. The van der Waals surface area contributed by atoms with Gasteiger partial charge in [0.15, 0.2) is 6.67 Å². The number of nitrogens with one attached hydrogen (secondary N) is 2. The third-order valence-electron chi connectivity index (χ3n) is 5.83. The molecule has 2 aliphatic heterocycles. The maximum absolute atomic E-state index is 13.2. The van der Waals surface area contributed by atoms with Crippen LogP contribution in [0.25, 0.3) is 5.57 Å². The summed E-state index contributed by atoms with van der Waals surface area (Å²) in [6, 6.07) is 17.3. The molecule has 29 heavy (non-hydrogen) atoms. The lowest BCUT2D eigenvalue weighted by Gasteiger charge is -2.27. The number of amides is 3. The molecule has 2 aromatic rings. The largest absolute Gasteiger partial charge is 0.497 e. The highest BCUT2D eigenvalue weighted by Crippen LogP contribution is 2.30. The summed E-state index contributed by atoms with van der Waals surface area (Å²) in [7, 11) is 1.58. The number of rotatable bonds is 5. The molecular weight excluding hydrogens is 366 g/mol. The van der Waals surface area contributed by atoms with Crippen LogP contribution in [0.3, 0.4) is 0 Å². The minimum absolute atomic E-state index is 0.221. The van der Waals surface area contributed by atoms with Gasteiger partial charge in [0.05, 0.1) is 20.2 Å². The van der Waals surface area contributed by atoms with E-state index >= 15 is 0 Å². The van der Waals surface area contributed by atoms with E-state index in [1.54, 1.807) is 20.1 Å². The van der Waals surface area contributed by atoms with Crippen LogP contribution in [0, 0.1) is 0 Å². The average molecular weight is 392 g/mol. The van der Waals surface area contributed by atoms with Crippen LogP contribution in [0.4, 0.5) is 4.79 Å². The van der Waals surface area contributed by atoms with E-state index in [1.165, 1.54) is 20.9 Å². The Labute approximate surface area is 170 Å². The average Bonchev–Trinajstić information content (AvgIpc) is 2.99. The minimum atomic E-state index is -1.08. The van der Waals surface area contributed by atoms with E-state index < -0.39 is 5.54 Å². The number of carbonyl (C=O) groups excluding carboxylic acids is 2. The standard InChI is InChI=1S/C23H25N3O3/c1-23(19-9-6-10-20(15-19)29-2)21(27)26(22(28)24-23)16-25-13-11-18(12-14-25)17-7-4-3-5-8-17/h3-11,15H,12-14,16H2,1-2H3,(H,24,28)/p+1/t23-/m1/s1. The topological polar surface area (TPSA) is 63.1 Å². The number of benzene rings is 2. The van der Waals surface area contributed by atoms with Crippen LogP contribution in [0.2, 0.25) is 0 Å². The first-order chi connectivity index (χ1) is 14.0. The van der Waals surface area contributed by atoms with Crippen molar-refractivity contribution in [1.29, 1.82) is 0 Å². The van der Waals surface area contributed by atoms with Gasteiger partial charge in [0.2, 0.25) is 0 Å². The second-order valence-electron chi connectivity index (χ2n) is 7.73. The summed E-state index contributed by atoms with van der Waals surface area (Å²) in [6.07, 6.45) is 3.14. The molecule has 2 N–H and O–H groups in total. The van der Waals surface area contributed by atoms with E-state index in [2.05, 4.69) is 23.5 Å². The molecule has 1 fully saturated rings. The van der Waals surface area contributed by atoms with Crippen molar-refractivity contribution in [2.75, 3.05) is 26.9 Å². The van der Waals surface area contributed by atoms with Gasteiger partial charge in [-0.05, 0) is 41.8 Å². The summed E-state index contributed by atoms with van der Waals surface area (Å²) in [4.78, 5) is 28.3. The first-order valence-electron chi connectivity index (χ1n) is 9.88. The maximum Gasteiger partial charge on any atom is 0.329 e. The Balaban J connectivity index is 1.47. The summed E-state index contributed by atoms with van der Waals surface area (Å²) in [5.74, 6) is 0.436. The van der Waals surface area contributed by atoms with E-state index in [9.17, 15) is 9.59 Å². The van der Waals surface area contributed by atoms with Crippen LogP contribution in [0.5, 0.6) is 5.75 Å². The number of quaternary nitrogens is 1. The zero-order valence-corrected chi connectivity index (χ0v) is 16.8. The fourth-order valence-electron chi connectivity index (χ4n) is 4.04. The van der Waals surface area contributed by atoms with E-state index in [0.29, 0.717) is 12.4 Å². The maximum atomic E-state index is 13.2. The Kier molecular flexibility index (Phi) is 5.11. The normalized spacial score (nSPS) is 24.3. The van der Waals surface area contributed by atoms with Crippen molar-refractivity contribution in [1.82, 2.24) is 10.2 Å². The number of methoxy groups -OCH3 is 1. The summed E-state index contributed by atoms with van der Waals surface area (Å²) in [6.45, 7) is 3.79. The SMILES string of the molecule is COc1cccc([C@@]2(C)NC(=O)N(C[NH+]3CC=C(c4ccccc4)CC3)C2=O)c1. The molecule has 0 spiro atoms. The zero-order chi connectivity index (χ0) is 20.4. The van der Waals surface area contributed by atoms with Crippen molar-refractivity contribution in [3.8, 4) is 5.75 Å². The molecule has 1 unspecified atom stereocenters. The van der Waals surface area contributed by atoms with E-state index in [-0.39, 0.29) is 11.9 Å². The number of nitrogens with zero attached hydrogens (tertiary/aromatic N) is 1. The van der Waals surface area contributed by atoms with Gasteiger partial charge in [-0.3, -0.25) is 4.79 Å². The van der Waals surface area contributed by atoms with E-state index in [1.807, 2.05) is 36.4 Å². The van der Waals surface area contributed by atoms with E-state index in [4.69, 9.17) is 4.74 Å². The molecule has 6 heteroatoms. The first kappa shape index (κ1) is 19.2. The van der Waals surface area contributed by atoms with Crippen LogP contribution in [-0.4, -0.2) is 43.7 Å². The smallest absolute Gasteiger partial charge is 0.329 e. The molecule has 6 nitrogen and oxygen atoms in total. The molecule has 2 heterocycles. The van der Waals surface area contributed by atoms with Crippen molar-refractivity contribution in [3.63, 3.8) is 0 Å². The second-order valence-corrected chi connectivity index (χ2v) is 7.73. The number of hydrogen-bond acceptors (Lipinski definition) is 3. The van der Waals surface area contributed by atoms with Gasteiger partial charge in [0.25, 0.3) is 5.91 Å². The number of imide groups is 1. The Bertz CT molecular complexity index is 957. The van der Waals surface area contributed by atoms with Crippen molar-refractivity contribution >= 4 is 17.5 Å². The molecule has 0 bridgehead atoms. The van der Waals surface area contributed by atoms with Crippen LogP contribution in [0.15, 0.2) is 60.7 Å². The fourth-order valence-corrected chi connectivity index (χ4v) is 4.04. The van der Waals surface area contributed by atoms with Gasteiger partial charge < -0.3 is 15.0 Å². The molecule has 0 aromatic heterocycles. The second kappa shape index (κ2) is 7.72. The van der Waals surface area contributed by atoms with Gasteiger partial charge in [0, 0.05) is 6.42 Å². The predicted octanol–water partition coefficient (Wildman–Crippen LogP) is 1.79. The lowest BCUT2D eigenvalue weighted by atomic mass is 9.92. The molecular formula is C23H26N3O3+. The van der Waals surface area contributed by atoms with Gasteiger partial charge in [-0.2, -0.15) is 0 Å². The molecule has 2 aliphatic rings. The number of hydrogen-bond donors (Lipinski definition) is 2. The molecule has 0 radical (unpaired) electrons. The monoisotopic (exact) mass is 392 g/mol. The van der Waals surface area contributed by atoms with Crippen molar-refractivity contribution in [2.24, 2.45) is 0 Å². The molecule has 1 saturated heterocycles. The van der Waals surface area contributed by atoms with Crippen LogP contribution in [-0.2, 0) is 10.3 Å². The Hall–Kier alpha value is -3.12. The van der Waals surface area contributed by atoms with Gasteiger partial charge in [-0.1, -0.05) is 42.5 Å². The highest BCUT2D eigenvalue weighted by atomic mass is 16.5. The number of urea groups is 1. The first-order valence-corrected chi connectivity index (χ1v) is 9.88. The summed E-state index contributed by atoms with van der Waals surface area (Å²) < 4.78 is 5.27. The van der Waals surface area contributed by atoms with Crippen molar-refractivity contribution < 1.29 is 19.2 Å². The number of ether oxygens (including phenoxy) is 1. The van der Waals surface area contributed by atoms with Crippen LogP contribution in [0.1, 0.15) is 24.5 Å². The van der Waals surface area contributed by atoms with Gasteiger partial charge in [-0.15, -0.1) is 0 Å². The Morgan fingerprint density at radius 3 is 2.62 bits per heavy atom. The molecule has 2 atom stereocenters. The lowest BCUT2D eigenvalue weighted by Crippen LogP contribution is -3.14. The molecule has 2 aromatic carbocycles. The highest BCUT2D eigenvalue weighted by molar-refractivity contribution is 6.07. The van der Waals surface area contributed by atoms with Gasteiger partial charge in [0.1, 0.15) is 11.3 Å². The summed E-state index contributed by atoms with van der Waals surface area (Å²) in [5.41, 5.74) is 2.21. The van der Waals surface area contributed by atoms with Gasteiger partial charge in [-0.25, -0.2) is 9.69 Å². The summed E-state index contributed by atoms with van der Waals surface area (Å²) >= 11 is 0. The minimum Gasteiger partial charge on any atom is -0.497 e. The third kappa shape index (κ3) is 3.63. The van der Waals surface area contributed by atoms with Crippen molar-refractivity contribution in [2.45, 2.75) is 18.9 Å². The molecule has 3 amide bonds. The lowest BCUT2D eigenvalue weighted by molar-refractivity contribution is -0.902. The molecule has 0 saturated carbocycles. The summed E-state index contributed by atoms with van der Waals surface area (Å²) in [5, 5.41) is 2.88. The predicted molar refractivity (Wildman–Crippen MR) is 110 cm³/mol. The van der Waals surface area contributed by atoms with Crippen LogP contribution < -0.4 is 15.0 Å². The Morgan fingerprint density at radius 2 is 1.93 bits per heavy atom. The van der Waals surface area contributed by atoms with Gasteiger partial charge >= 0.3 is 6.03 Å². The fraction of sp³-hybridized carbons (Fsp3) is 0.304. The van der Waals surface area contributed by atoms with E-state index in [0.717, 1.165) is 25.1 Å². The number of carbonyl (C=O) groups is 2. The van der Waals surface area contributed by atoms with Crippen LogP contribution >= 0.6 is 0 Å². The van der Waals surface area contributed by atoms with Crippen molar-refractivity contribution in [3.05, 3.63) is 71.8 Å². The molecule has 4 rings (SSSR count). The Morgan fingerprint density at radius 1 is 1.14 bits per heavy atom. The molecule has 0 aliphatic carbocycles. The molecule has 150 valence electrons.